The summed E-state index contributed by atoms with van der Waals surface area (Å²) in [6, 6.07) is 5.68. The van der Waals surface area contributed by atoms with Crippen LogP contribution in [0.25, 0.3) is 0 Å². The van der Waals surface area contributed by atoms with Crippen LogP contribution in [-0.4, -0.2) is 34.6 Å². The van der Waals surface area contributed by atoms with E-state index in [4.69, 9.17) is 0 Å². The Balaban J connectivity index is 2.13. The molecule has 1 unspecified atom stereocenters. The van der Waals surface area contributed by atoms with Gasteiger partial charge in [0.1, 0.15) is 0 Å². The number of carbonyl (C=O) groups is 1. The molecule has 1 atom stereocenters. The summed E-state index contributed by atoms with van der Waals surface area (Å²) in [7, 11) is 0. The van der Waals surface area contributed by atoms with Crippen molar-refractivity contribution in [1.29, 1.82) is 0 Å². The van der Waals surface area contributed by atoms with E-state index in [0.29, 0.717) is 13.0 Å². The molecule has 4 heteroatoms. The van der Waals surface area contributed by atoms with Gasteiger partial charge >= 0.3 is 0 Å². The minimum atomic E-state index is -0.634. The van der Waals surface area contributed by atoms with E-state index in [0.717, 1.165) is 35.0 Å². The molecule has 1 amide bonds. The van der Waals surface area contributed by atoms with Gasteiger partial charge in [-0.25, -0.2) is 0 Å². The molecule has 1 saturated heterocycles. The minimum absolute atomic E-state index is 0.0632. The zero-order valence-corrected chi connectivity index (χ0v) is 13.0. The van der Waals surface area contributed by atoms with Crippen molar-refractivity contribution < 1.29 is 9.90 Å². The number of hydrogen-bond donors (Lipinski definition) is 1. The van der Waals surface area contributed by atoms with Crippen molar-refractivity contribution in [2.45, 2.75) is 38.7 Å². The zero-order valence-electron chi connectivity index (χ0n) is 11.4. The van der Waals surface area contributed by atoms with E-state index in [1.54, 1.807) is 0 Å². The average Bonchev–Trinajstić information content (AvgIpc) is 2.53. The standard InChI is InChI=1S/C15H20BrNO2/c1-11-10-12(4-5-13(11)16)14(18)17-8-3-6-15(2,19)7-9-17/h4-5,10,19H,3,6-9H2,1-2H3. The Labute approximate surface area is 122 Å². The molecule has 1 aliphatic rings. The van der Waals surface area contributed by atoms with Crippen molar-refractivity contribution in [2.24, 2.45) is 0 Å². The fourth-order valence-corrected chi connectivity index (χ4v) is 2.67. The fourth-order valence-electron chi connectivity index (χ4n) is 2.43. The zero-order chi connectivity index (χ0) is 14.0. The normalized spacial score (nSPS) is 24.1. The van der Waals surface area contributed by atoms with E-state index in [1.807, 2.05) is 36.9 Å². The smallest absolute Gasteiger partial charge is 0.253 e. The summed E-state index contributed by atoms with van der Waals surface area (Å²) in [4.78, 5) is 14.3. The molecule has 104 valence electrons. The molecule has 2 rings (SSSR count). The molecule has 0 spiro atoms. The first-order chi connectivity index (χ1) is 8.89. The summed E-state index contributed by atoms with van der Waals surface area (Å²) in [6.45, 7) is 5.18. The topological polar surface area (TPSA) is 40.5 Å². The Morgan fingerprint density at radius 1 is 1.37 bits per heavy atom. The van der Waals surface area contributed by atoms with Gasteiger partial charge in [0.2, 0.25) is 0 Å². The number of amides is 1. The second-order valence-electron chi connectivity index (χ2n) is 5.61. The van der Waals surface area contributed by atoms with Crippen LogP contribution in [0.2, 0.25) is 0 Å². The molecule has 0 radical (unpaired) electrons. The second kappa shape index (κ2) is 5.63. The van der Waals surface area contributed by atoms with E-state index in [-0.39, 0.29) is 5.91 Å². The lowest BCUT2D eigenvalue weighted by atomic mass is 9.98. The van der Waals surface area contributed by atoms with Crippen molar-refractivity contribution in [1.82, 2.24) is 4.90 Å². The van der Waals surface area contributed by atoms with Crippen LogP contribution in [0, 0.1) is 6.92 Å². The largest absolute Gasteiger partial charge is 0.390 e. The number of likely N-dealkylation sites (tertiary alicyclic amines) is 1. The maximum Gasteiger partial charge on any atom is 0.253 e. The molecule has 1 aliphatic heterocycles. The molecule has 0 aliphatic carbocycles. The Kier molecular flexibility index (Phi) is 4.31. The maximum absolute atomic E-state index is 12.5. The third kappa shape index (κ3) is 3.57. The molecule has 0 saturated carbocycles. The highest BCUT2D eigenvalue weighted by Gasteiger charge is 2.27. The lowest BCUT2D eigenvalue weighted by Crippen LogP contribution is -2.33. The molecular formula is C15H20BrNO2. The van der Waals surface area contributed by atoms with Crippen LogP contribution in [0.1, 0.15) is 42.1 Å². The van der Waals surface area contributed by atoms with Crippen LogP contribution in [-0.2, 0) is 0 Å². The van der Waals surface area contributed by atoms with Crippen molar-refractivity contribution in [3.63, 3.8) is 0 Å². The van der Waals surface area contributed by atoms with Crippen LogP contribution in [0.3, 0.4) is 0 Å². The number of hydrogen-bond acceptors (Lipinski definition) is 2. The maximum atomic E-state index is 12.5. The predicted octanol–water partition coefficient (Wildman–Crippen LogP) is 3.13. The van der Waals surface area contributed by atoms with Crippen LogP contribution >= 0.6 is 15.9 Å². The highest BCUT2D eigenvalue weighted by Crippen LogP contribution is 2.23. The summed E-state index contributed by atoms with van der Waals surface area (Å²) < 4.78 is 1.02. The lowest BCUT2D eigenvalue weighted by Gasteiger charge is -2.22. The number of aliphatic hydroxyl groups is 1. The third-order valence-electron chi connectivity index (χ3n) is 3.76. The Morgan fingerprint density at radius 2 is 2.11 bits per heavy atom. The van der Waals surface area contributed by atoms with Crippen molar-refractivity contribution >= 4 is 21.8 Å². The molecule has 1 heterocycles. The van der Waals surface area contributed by atoms with Gasteiger partial charge in [-0.3, -0.25) is 4.79 Å². The number of carbonyl (C=O) groups excluding carboxylic acids is 1. The van der Waals surface area contributed by atoms with E-state index >= 15 is 0 Å². The van der Waals surface area contributed by atoms with E-state index in [9.17, 15) is 9.90 Å². The van der Waals surface area contributed by atoms with E-state index in [1.165, 1.54) is 0 Å². The molecular weight excluding hydrogens is 306 g/mol. The summed E-state index contributed by atoms with van der Waals surface area (Å²) in [5, 5.41) is 10.1. The van der Waals surface area contributed by atoms with Crippen molar-refractivity contribution in [2.75, 3.05) is 13.1 Å². The van der Waals surface area contributed by atoms with Gasteiger partial charge in [0.25, 0.3) is 5.91 Å². The van der Waals surface area contributed by atoms with Gasteiger partial charge in [0.15, 0.2) is 0 Å². The fraction of sp³-hybridized carbons (Fsp3) is 0.533. The highest BCUT2D eigenvalue weighted by molar-refractivity contribution is 9.10. The monoisotopic (exact) mass is 325 g/mol. The molecule has 0 bridgehead atoms. The third-order valence-corrected chi connectivity index (χ3v) is 4.65. The van der Waals surface area contributed by atoms with Gasteiger partial charge in [0.05, 0.1) is 5.60 Å². The van der Waals surface area contributed by atoms with Gasteiger partial charge in [-0.05, 0) is 56.9 Å². The lowest BCUT2D eigenvalue weighted by molar-refractivity contribution is 0.0438. The van der Waals surface area contributed by atoms with E-state index in [2.05, 4.69) is 15.9 Å². The molecule has 1 aromatic carbocycles. The molecule has 1 aromatic rings. The average molecular weight is 326 g/mol. The van der Waals surface area contributed by atoms with Gasteiger partial charge in [-0.2, -0.15) is 0 Å². The van der Waals surface area contributed by atoms with Gasteiger partial charge in [-0.15, -0.1) is 0 Å². The van der Waals surface area contributed by atoms with Crippen molar-refractivity contribution in [3.05, 3.63) is 33.8 Å². The molecule has 19 heavy (non-hydrogen) atoms. The number of rotatable bonds is 1. The number of aryl methyl sites for hydroxylation is 1. The van der Waals surface area contributed by atoms with Gasteiger partial charge in [-0.1, -0.05) is 15.9 Å². The summed E-state index contributed by atoms with van der Waals surface area (Å²) in [5.74, 6) is 0.0632. The molecule has 1 N–H and O–H groups in total. The highest BCUT2D eigenvalue weighted by atomic mass is 79.9. The van der Waals surface area contributed by atoms with Crippen LogP contribution < -0.4 is 0 Å². The van der Waals surface area contributed by atoms with E-state index < -0.39 is 5.60 Å². The van der Waals surface area contributed by atoms with Gasteiger partial charge < -0.3 is 10.0 Å². The van der Waals surface area contributed by atoms with Crippen molar-refractivity contribution in [3.8, 4) is 0 Å². The predicted molar refractivity (Wildman–Crippen MR) is 79.3 cm³/mol. The Morgan fingerprint density at radius 3 is 2.79 bits per heavy atom. The number of benzene rings is 1. The quantitative estimate of drug-likeness (QED) is 0.861. The number of nitrogens with zero attached hydrogens (tertiary/aromatic N) is 1. The van der Waals surface area contributed by atoms with Gasteiger partial charge in [0, 0.05) is 23.1 Å². The Hall–Kier alpha value is -0.870. The molecule has 1 fully saturated rings. The van der Waals surface area contributed by atoms with Crippen LogP contribution in [0.15, 0.2) is 22.7 Å². The second-order valence-corrected chi connectivity index (χ2v) is 6.46. The SMILES string of the molecule is Cc1cc(C(=O)N2CCCC(C)(O)CC2)ccc1Br. The molecule has 3 nitrogen and oxygen atoms in total. The number of halogens is 1. The summed E-state index contributed by atoms with van der Waals surface area (Å²) in [5.41, 5.74) is 1.15. The van der Waals surface area contributed by atoms with Crippen LogP contribution in [0.5, 0.6) is 0 Å². The first kappa shape index (κ1) is 14.5. The summed E-state index contributed by atoms with van der Waals surface area (Å²) >= 11 is 3.44. The first-order valence-corrected chi connectivity index (χ1v) is 7.46. The first-order valence-electron chi connectivity index (χ1n) is 6.67. The summed E-state index contributed by atoms with van der Waals surface area (Å²) in [6.07, 6.45) is 2.26. The minimum Gasteiger partial charge on any atom is -0.390 e. The molecule has 0 aromatic heterocycles. The Bertz CT molecular complexity index is 485. The van der Waals surface area contributed by atoms with Crippen LogP contribution in [0.4, 0.5) is 0 Å².